The predicted molar refractivity (Wildman–Crippen MR) is 129 cm³/mol. The summed E-state index contributed by atoms with van der Waals surface area (Å²) in [6.07, 6.45) is 3.86. The summed E-state index contributed by atoms with van der Waals surface area (Å²) in [5, 5.41) is 2.77. The summed E-state index contributed by atoms with van der Waals surface area (Å²) in [5.74, 6) is 0.139. The first-order valence-corrected chi connectivity index (χ1v) is 13.6. The average molecular weight is 496 g/mol. The zero-order chi connectivity index (χ0) is 23.8. The highest BCUT2D eigenvalue weighted by Crippen LogP contribution is 2.16. The number of halogens is 1. The summed E-state index contributed by atoms with van der Waals surface area (Å²) in [6.45, 7) is 4.02. The molecular formula is C22H30FN5O3S2. The Bertz CT molecular complexity index is 1030. The van der Waals surface area contributed by atoms with Crippen molar-refractivity contribution in [2.45, 2.75) is 23.9 Å². The van der Waals surface area contributed by atoms with Gasteiger partial charge in [-0.1, -0.05) is 18.2 Å². The molecule has 8 nitrogen and oxygen atoms in total. The van der Waals surface area contributed by atoms with Gasteiger partial charge < -0.3 is 15.1 Å². The van der Waals surface area contributed by atoms with Crippen LogP contribution in [0, 0.1) is 5.82 Å². The van der Waals surface area contributed by atoms with Crippen LogP contribution in [0.15, 0.2) is 47.5 Å². The predicted octanol–water partition coefficient (Wildman–Crippen LogP) is 1.69. The highest BCUT2D eigenvalue weighted by Gasteiger charge is 2.27. The molecule has 1 saturated heterocycles. The number of hydrogen-bond donors (Lipinski definition) is 2. The molecule has 0 aliphatic carbocycles. The number of pyridine rings is 1. The summed E-state index contributed by atoms with van der Waals surface area (Å²) in [5.41, 5.74) is 0.807. The molecule has 2 aromatic rings. The zero-order valence-corrected chi connectivity index (χ0v) is 20.5. The van der Waals surface area contributed by atoms with Gasteiger partial charge in [0.2, 0.25) is 15.9 Å². The van der Waals surface area contributed by atoms with Gasteiger partial charge in [0.25, 0.3) is 0 Å². The fourth-order valence-corrected chi connectivity index (χ4v) is 5.23. The molecule has 0 bridgehead atoms. The average Bonchev–Trinajstić information content (AvgIpc) is 2.81. The van der Waals surface area contributed by atoms with E-state index in [-0.39, 0.29) is 13.0 Å². The molecular weight excluding hydrogens is 465 g/mol. The smallest absolute Gasteiger partial charge is 0.244 e. The topological polar surface area (TPSA) is 94.6 Å². The zero-order valence-electron chi connectivity index (χ0n) is 18.8. The van der Waals surface area contributed by atoms with Crippen LogP contribution in [0.4, 0.5) is 10.2 Å². The molecule has 0 radical (unpaired) electrons. The number of sulfonamides is 1. The van der Waals surface area contributed by atoms with Crippen LogP contribution in [0.1, 0.15) is 12.0 Å². The first-order valence-electron chi connectivity index (χ1n) is 10.7. The van der Waals surface area contributed by atoms with Crippen LogP contribution < -0.4 is 14.9 Å². The molecule has 1 unspecified atom stereocenters. The maximum absolute atomic E-state index is 14.0. The lowest BCUT2D eigenvalue weighted by Gasteiger charge is -2.33. The molecule has 1 fully saturated rings. The van der Waals surface area contributed by atoms with E-state index in [1.165, 1.54) is 30.0 Å². The van der Waals surface area contributed by atoms with Gasteiger partial charge in [-0.2, -0.15) is 16.5 Å². The van der Waals surface area contributed by atoms with E-state index in [1.54, 1.807) is 6.20 Å². The van der Waals surface area contributed by atoms with Crippen molar-refractivity contribution in [1.29, 1.82) is 0 Å². The summed E-state index contributed by atoms with van der Waals surface area (Å²) >= 11 is 1.50. The molecule has 33 heavy (non-hydrogen) atoms. The Balaban J connectivity index is 1.61. The molecule has 1 aromatic carbocycles. The number of rotatable bonds is 10. The largest absolute Gasteiger partial charge is 0.354 e. The Morgan fingerprint density at radius 1 is 1.18 bits per heavy atom. The minimum atomic E-state index is -4.19. The number of benzene rings is 1. The van der Waals surface area contributed by atoms with Gasteiger partial charge in [0.1, 0.15) is 22.6 Å². The summed E-state index contributed by atoms with van der Waals surface area (Å²) in [6, 6.07) is 7.92. The Morgan fingerprint density at radius 3 is 2.55 bits per heavy atom. The number of piperazine rings is 1. The quantitative estimate of drug-likeness (QED) is 0.518. The lowest BCUT2D eigenvalue weighted by Crippen LogP contribution is -2.47. The van der Waals surface area contributed by atoms with Gasteiger partial charge in [0.15, 0.2) is 0 Å². The summed E-state index contributed by atoms with van der Waals surface area (Å²) in [7, 11) is -2.09. The highest BCUT2D eigenvalue weighted by molar-refractivity contribution is 7.98. The standard InChI is InChI=1S/C22H30FN5O3S2/c1-27-10-12-28(13-11-27)21-8-7-17(15-24-21)16-25-22(29)19(9-14-32-2)26-33(30,31)20-6-4-3-5-18(20)23/h3-8,15,19,26H,9-14,16H2,1-2H3,(H,25,29). The van der Waals surface area contributed by atoms with Crippen molar-refractivity contribution in [1.82, 2.24) is 19.9 Å². The first kappa shape index (κ1) is 25.4. The van der Waals surface area contributed by atoms with Gasteiger partial charge >= 0.3 is 0 Å². The molecule has 0 saturated carbocycles. The molecule has 2 heterocycles. The van der Waals surface area contributed by atoms with Crippen molar-refractivity contribution in [2.75, 3.05) is 50.1 Å². The molecule has 11 heteroatoms. The van der Waals surface area contributed by atoms with Crippen molar-refractivity contribution in [2.24, 2.45) is 0 Å². The normalized spacial score (nSPS) is 15.9. The molecule has 1 aliphatic rings. The van der Waals surface area contributed by atoms with Gasteiger partial charge in [0, 0.05) is 38.9 Å². The second-order valence-corrected chi connectivity index (χ2v) is 10.6. The third-order valence-corrected chi connectivity index (χ3v) is 7.60. The summed E-state index contributed by atoms with van der Waals surface area (Å²) < 4.78 is 41.7. The van der Waals surface area contributed by atoms with Crippen LogP contribution in [-0.4, -0.2) is 75.5 Å². The van der Waals surface area contributed by atoms with E-state index in [0.29, 0.717) is 5.75 Å². The van der Waals surface area contributed by atoms with Crippen LogP contribution in [0.25, 0.3) is 0 Å². The fraction of sp³-hybridized carbons (Fsp3) is 0.455. The van der Waals surface area contributed by atoms with Crippen LogP contribution in [0.2, 0.25) is 0 Å². The van der Waals surface area contributed by atoms with Crippen LogP contribution in [-0.2, 0) is 21.4 Å². The Morgan fingerprint density at radius 2 is 1.91 bits per heavy atom. The van der Waals surface area contributed by atoms with Crippen molar-refractivity contribution in [3.05, 3.63) is 54.0 Å². The molecule has 3 rings (SSSR count). The second kappa shape index (κ2) is 11.8. The molecule has 1 amide bonds. The van der Waals surface area contributed by atoms with Crippen LogP contribution >= 0.6 is 11.8 Å². The van der Waals surface area contributed by atoms with Crippen LogP contribution in [0.5, 0.6) is 0 Å². The van der Waals surface area contributed by atoms with Crippen LogP contribution in [0.3, 0.4) is 0 Å². The number of aromatic nitrogens is 1. The van der Waals surface area contributed by atoms with E-state index in [0.717, 1.165) is 43.6 Å². The number of thioether (sulfide) groups is 1. The minimum absolute atomic E-state index is 0.214. The summed E-state index contributed by atoms with van der Waals surface area (Å²) in [4.78, 5) is 21.3. The van der Waals surface area contributed by atoms with E-state index in [2.05, 4.69) is 31.9 Å². The van der Waals surface area contributed by atoms with Gasteiger partial charge in [-0.15, -0.1) is 0 Å². The van der Waals surface area contributed by atoms with E-state index >= 15 is 0 Å². The number of carbonyl (C=O) groups is 1. The van der Waals surface area contributed by atoms with E-state index in [9.17, 15) is 17.6 Å². The lowest BCUT2D eigenvalue weighted by atomic mass is 10.2. The number of nitrogens with zero attached hydrogens (tertiary/aromatic N) is 3. The van der Waals surface area contributed by atoms with E-state index < -0.39 is 32.7 Å². The first-order chi connectivity index (χ1) is 15.8. The van der Waals surface area contributed by atoms with Gasteiger partial charge in [-0.05, 0) is 49.2 Å². The number of hydrogen-bond acceptors (Lipinski definition) is 7. The molecule has 1 aromatic heterocycles. The fourth-order valence-electron chi connectivity index (χ4n) is 3.45. The third kappa shape index (κ3) is 7.13. The Hall–Kier alpha value is -2.21. The molecule has 1 atom stereocenters. The van der Waals surface area contributed by atoms with Gasteiger partial charge in [-0.25, -0.2) is 17.8 Å². The SMILES string of the molecule is CSCCC(NS(=O)(=O)c1ccccc1F)C(=O)NCc1ccc(N2CCN(C)CC2)nc1. The number of anilines is 1. The monoisotopic (exact) mass is 495 g/mol. The lowest BCUT2D eigenvalue weighted by molar-refractivity contribution is -0.122. The van der Waals surface area contributed by atoms with Crippen molar-refractivity contribution in [3.8, 4) is 0 Å². The Labute approximate surface area is 199 Å². The Kier molecular flexibility index (Phi) is 9.07. The third-order valence-electron chi connectivity index (χ3n) is 5.45. The van der Waals surface area contributed by atoms with Crippen molar-refractivity contribution >= 4 is 33.5 Å². The van der Waals surface area contributed by atoms with Crippen molar-refractivity contribution in [3.63, 3.8) is 0 Å². The number of likely N-dealkylation sites (N-methyl/N-ethyl adjacent to an activating group) is 1. The molecule has 180 valence electrons. The van der Waals surface area contributed by atoms with Gasteiger partial charge in [0.05, 0.1) is 0 Å². The molecule has 2 N–H and O–H groups in total. The maximum atomic E-state index is 14.0. The van der Waals surface area contributed by atoms with Crippen molar-refractivity contribution < 1.29 is 17.6 Å². The van der Waals surface area contributed by atoms with E-state index in [1.807, 2.05) is 18.4 Å². The molecule has 1 aliphatic heterocycles. The van der Waals surface area contributed by atoms with E-state index in [4.69, 9.17) is 0 Å². The minimum Gasteiger partial charge on any atom is -0.354 e. The highest BCUT2D eigenvalue weighted by atomic mass is 32.2. The maximum Gasteiger partial charge on any atom is 0.244 e. The number of amides is 1. The second-order valence-electron chi connectivity index (χ2n) is 7.92. The molecule has 0 spiro atoms. The van der Waals surface area contributed by atoms with Gasteiger partial charge in [-0.3, -0.25) is 4.79 Å². The number of carbonyl (C=O) groups excluding carboxylic acids is 1. The number of nitrogens with one attached hydrogen (secondary N) is 2.